The van der Waals surface area contributed by atoms with Crippen LogP contribution in [-0.4, -0.2) is 53.5 Å². The van der Waals surface area contributed by atoms with Crippen LogP contribution in [0.4, 0.5) is 5.95 Å². The monoisotopic (exact) mass is 407 g/mol. The van der Waals surface area contributed by atoms with E-state index in [0.29, 0.717) is 19.6 Å². The third-order valence-electron chi connectivity index (χ3n) is 5.16. The summed E-state index contributed by atoms with van der Waals surface area (Å²) in [5.41, 5.74) is 2.41. The molecule has 1 atom stereocenters. The van der Waals surface area contributed by atoms with Crippen LogP contribution in [0.25, 0.3) is 0 Å². The van der Waals surface area contributed by atoms with Crippen LogP contribution in [0.1, 0.15) is 22.0 Å². The van der Waals surface area contributed by atoms with Gasteiger partial charge in [0.25, 0.3) is 0 Å². The van der Waals surface area contributed by atoms with Gasteiger partial charge in [0.15, 0.2) is 0 Å². The summed E-state index contributed by atoms with van der Waals surface area (Å²) in [6, 6.07) is 14.5. The van der Waals surface area contributed by atoms with E-state index in [0.717, 1.165) is 19.0 Å². The maximum atomic E-state index is 12.8. The molecule has 6 nitrogen and oxygen atoms in total. The Labute approximate surface area is 175 Å². The minimum atomic E-state index is 0.0264. The number of carbonyl (C=O) groups excluding carboxylic acids is 1. The molecule has 0 spiro atoms. The number of benzene rings is 1. The SMILES string of the molecule is Cc1ccc(C(NCC(=O)N2CCN(c3ncccn3)CC2)c2cccs2)cc1. The quantitative estimate of drug-likeness (QED) is 0.681. The molecule has 1 unspecified atom stereocenters. The second-order valence-corrected chi connectivity index (χ2v) is 8.14. The van der Waals surface area contributed by atoms with Crippen LogP contribution < -0.4 is 10.2 Å². The molecule has 0 aliphatic carbocycles. The van der Waals surface area contributed by atoms with E-state index in [-0.39, 0.29) is 11.9 Å². The third kappa shape index (κ3) is 4.81. The molecule has 1 fully saturated rings. The Hall–Kier alpha value is -2.77. The number of hydrogen-bond donors (Lipinski definition) is 1. The van der Waals surface area contributed by atoms with Gasteiger partial charge < -0.3 is 9.80 Å². The van der Waals surface area contributed by atoms with E-state index in [2.05, 4.69) is 68.9 Å². The lowest BCUT2D eigenvalue weighted by atomic mass is 10.0. The highest BCUT2D eigenvalue weighted by Crippen LogP contribution is 2.26. The van der Waals surface area contributed by atoms with Crippen LogP contribution >= 0.6 is 11.3 Å². The van der Waals surface area contributed by atoms with Gasteiger partial charge in [0.2, 0.25) is 11.9 Å². The van der Waals surface area contributed by atoms with Crippen molar-refractivity contribution in [1.29, 1.82) is 0 Å². The topological polar surface area (TPSA) is 61.4 Å². The molecule has 3 aromatic rings. The molecule has 3 heterocycles. The predicted octanol–water partition coefficient (Wildman–Crippen LogP) is 2.87. The first kappa shape index (κ1) is 19.5. The maximum Gasteiger partial charge on any atom is 0.236 e. The minimum absolute atomic E-state index is 0.0264. The molecule has 1 aromatic carbocycles. The minimum Gasteiger partial charge on any atom is -0.338 e. The number of rotatable bonds is 6. The fraction of sp³-hybridized carbons (Fsp3) is 0.318. The molecule has 0 saturated carbocycles. The normalized spacial score (nSPS) is 15.3. The molecule has 7 heteroatoms. The fourth-order valence-electron chi connectivity index (χ4n) is 3.51. The molecule has 150 valence electrons. The Morgan fingerprint density at radius 3 is 2.45 bits per heavy atom. The molecule has 2 aromatic heterocycles. The average molecular weight is 408 g/mol. The highest BCUT2D eigenvalue weighted by molar-refractivity contribution is 7.10. The molecule has 1 saturated heterocycles. The van der Waals surface area contributed by atoms with Gasteiger partial charge in [0.1, 0.15) is 0 Å². The van der Waals surface area contributed by atoms with E-state index in [9.17, 15) is 4.79 Å². The van der Waals surface area contributed by atoms with Crippen molar-refractivity contribution in [3.05, 3.63) is 76.2 Å². The first-order valence-corrected chi connectivity index (χ1v) is 10.7. The van der Waals surface area contributed by atoms with E-state index in [1.54, 1.807) is 23.7 Å². The number of aromatic nitrogens is 2. The predicted molar refractivity (Wildman–Crippen MR) is 116 cm³/mol. The van der Waals surface area contributed by atoms with Crippen molar-refractivity contribution in [2.45, 2.75) is 13.0 Å². The Morgan fingerprint density at radius 2 is 1.79 bits per heavy atom. The van der Waals surface area contributed by atoms with Crippen LogP contribution in [0.2, 0.25) is 0 Å². The van der Waals surface area contributed by atoms with Gasteiger partial charge in [-0.1, -0.05) is 35.9 Å². The zero-order valence-electron chi connectivity index (χ0n) is 16.5. The van der Waals surface area contributed by atoms with E-state index in [1.807, 2.05) is 11.0 Å². The van der Waals surface area contributed by atoms with E-state index in [4.69, 9.17) is 0 Å². The van der Waals surface area contributed by atoms with E-state index in [1.165, 1.54) is 16.0 Å². The summed E-state index contributed by atoms with van der Waals surface area (Å²) in [6.07, 6.45) is 3.50. The van der Waals surface area contributed by atoms with Crippen molar-refractivity contribution in [3.8, 4) is 0 Å². The number of anilines is 1. The van der Waals surface area contributed by atoms with Crippen LogP contribution in [0.3, 0.4) is 0 Å². The van der Waals surface area contributed by atoms with Gasteiger partial charge >= 0.3 is 0 Å². The summed E-state index contributed by atoms with van der Waals surface area (Å²) in [7, 11) is 0. The van der Waals surface area contributed by atoms with Crippen LogP contribution in [0.5, 0.6) is 0 Å². The summed E-state index contributed by atoms with van der Waals surface area (Å²) in [5, 5.41) is 5.55. The molecular formula is C22H25N5OS. The Bertz CT molecular complexity index is 906. The Kier molecular flexibility index (Phi) is 6.17. The zero-order chi connectivity index (χ0) is 20.1. The van der Waals surface area contributed by atoms with Gasteiger partial charge in [-0.2, -0.15) is 0 Å². The van der Waals surface area contributed by atoms with Crippen molar-refractivity contribution in [3.63, 3.8) is 0 Å². The second-order valence-electron chi connectivity index (χ2n) is 7.16. The number of thiophene rings is 1. The molecule has 0 radical (unpaired) electrons. The number of carbonyl (C=O) groups is 1. The summed E-state index contributed by atoms with van der Waals surface area (Å²) in [4.78, 5) is 26.7. The Morgan fingerprint density at radius 1 is 1.07 bits per heavy atom. The standard InChI is InChI=1S/C22H25N5OS/c1-17-5-7-18(8-6-17)21(19-4-2-15-29-19)25-16-20(28)26-11-13-27(14-12-26)22-23-9-3-10-24-22/h2-10,15,21,25H,11-14,16H2,1H3. The van der Waals surface area contributed by atoms with Crippen molar-refractivity contribution in [2.24, 2.45) is 0 Å². The molecule has 1 aliphatic heterocycles. The fourth-order valence-corrected chi connectivity index (χ4v) is 4.34. The molecule has 1 amide bonds. The first-order valence-electron chi connectivity index (χ1n) is 9.84. The Balaban J connectivity index is 1.36. The number of aryl methyl sites for hydroxylation is 1. The number of hydrogen-bond acceptors (Lipinski definition) is 6. The smallest absolute Gasteiger partial charge is 0.236 e. The van der Waals surface area contributed by atoms with Gasteiger partial charge in [0, 0.05) is 43.4 Å². The number of amides is 1. The molecule has 1 aliphatic rings. The lowest BCUT2D eigenvalue weighted by Crippen LogP contribution is -2.51. The van der Waals surface area contributed by atoms with Crippen molar-refractivity contribution in [2.75, 3.05) is 37.6 Å². The van der Waals surface area contributed by atoms with Gasteiger partial charge in [-0.3, -0.25) is 10.1 Å². The van der Waals surface area contributed by atoms with E-state index < -0.39 is 0 Å². The zero-order valence-corrected chi connectivity index (χ0v) is 17.3. The van der Waals surface area contributed by atoms with Crippen LogP contribution in [0.15, 0.2) is 60.2 Å². The summed E-state index contributed by atoms with van der Waals surface area (Å²) < 4.78 is 0. The molecule has 1 N–H and O–H groups in total. The highest BCUT2D eigenvalue weighted by Gasteiger charge is 2.23. The van der Waals surface area contributed by atoms with Crippen molar-refractivity contribution < 1.29 is 4.79 Å². The summed E-state index contributed by atoms with van der Waals surface area (Å²) in [5.74, 6) is 0.863. The highest BCUT2D eigenvalue weighted by atomic mass is 32.1. The number of nitrogens with zero attached hydrogens (tertiary/aromatic N) is 4. The molecule has 29 heavy (non-hydrogen) atoms. The van der Waals surface area contributed by atoms with Gasteiger partial charge in [-0.25, -0.2) is 9.97 Å². The lowest BCUT2D eigenvalue weighted by molar-refractivity contribution is -0.130. The van der Waals surface area contributed by atoms with Gasteiger partial charge in [-0.15, -0.1) is 11.3 Å². The number of nitrogens with one attached hydrogen (secondary N) is 1. The molecular weight excluding hydrogens is 382 g/mol. The average Bonchev–Trinajstić information content (AvgIpc) is 3.30. The van der Waals surface area contributed by atoms with E-state index >= 15 is 0 Å². The molecule has 4 rings (SSSR count). The van der Waals surface area contributed by atoms with Crippen molar-refractivity contribution >= 4 is 23.2 Å². The van der Waals surface area contributed by atoms with Crippen molar-refractivity contribution in [1.82, 2.24) is 20.2 Å². The second kappa shape index (κ2) is 9.15. The number of piperazine rings is 1. The summed E-state index contributed by atoms with van der Waals surface area (Å²) >= 11 is 1.71. The third-order valence-corrected chi connectivity index (χ3v) is 6.10. The lowest BCUT2D eigenvalue weighted by Gasteiger charge is -2.35. The largest absolute Gasteiger partial charge is 0.338 e. The van der Waals surface area contributed by atoms with Crippen LogP contribution in [-0.2, 0) is 4.79 Å². The molecule has 0 bridgehead atoms. The van der Waals surface area contributed by atoms with Gasteiger partial charge in [0.05, 0.1) is 12.6 Å². The summed E-state index contributed by atoms with van der Waals surface area (Å²) in [6.45, 7) is 5.28. The van der Waals surface area contributed by atoms with Crippen LogP contribution in [0, 0.1) is 6.92 Å². The van der Waals surface area contributed by atoms with Gasteiger partial charge in [-0.05, 0) is 30.0 Å². The first-order chi connectivity index (χ1) is 14.2. The maximum absolute atomic E-state index is 12.8.